The van der Waals surface area contributed by atoms with Gasteiger partial charge in [0.1, 0.15) is 17.5 Å². The van der Waals surface area contributed by atoms with Crippen LogP contribution < -0.4 is 0 Å². The van der Waals surface area contributed by atoms with Crippen LogP contribution in [0.25, 0.3) is 11.2 Å². The quantitative estimate of drug-likeness (QED) is 0.736. The smallest absolute Gasteiger partial charge is 0.179 e. The Bertz CT molecular complexity index is 733. The van der Waals surface area contributed by atoms with E-state index in [-0.39, 0.29) is 0 Å². The highest BCUT2D eigenvalue weighted by molar-refractivity contribution is 7.71. The average molecular weight is 263 g/mol. The molecular formula is C11H13N5OS. The highest BCUT2D eigenvalue weighted by Gasteiger charge is 2.14. The van der Waals surface area contributed by atoms with E-state index in [0.29, 0.717) is 11.3 Å². The molecule has 0 fully saturated rings. The van der Waals surface area contributed by atoms with Gasteiger partial charge < -0.3 is 9.51 Å². The van der Waals surface area contributed by atoms with Gasteiger partial charge in [-0.3, -0.25) is 4.57 Å². The first-order valence-electron chi connectivity index (χ1n) is 5.76. The van der Waals surface area contributed by atoms with Crippen molar-refractivity contribution in [3.05, 3.63) is 28.5 Å². The predicted molar refractivity (Wildman–Crippen MR) is 68.9 cm³/mol. The lowest BCUT2D eigenvalue weighted by Crippen LogP contribution is -2.06. The van der Waals surface area contributed by atoms with Crippen molar-refractivity contribution in [3.63, 3.8) is 0 Å². The van der Waals surface area contributed by atoms with Gasteiger partial charge in [0, 0.05) is 12.6 Å². The zero-order valence-corrected chi connectivity index (χ0v) is 11.0. The second-order valence-corrected chi connectivity index (χ2v) is 4.49. The lowest BCUT2D eigenvalue weighted by atomic mass is 10.4. The van der Waals surface area contributed by atoms with Crippen LogP contribution in [0.15, 0.2) is 16.9 Å². The molecule has 1 N–H and O–H groups in total. The second kappa shape index (κ2) is 4.09. The summed E-state index contributed by atoms with van der Waals surface area (Å²) in [5.41, 5.74) is 3.79. The minimum absolute atomic E-state index is 0.584. The van der Waals surface area contributed by atoms with Crippen LogP contribution in [0.5, 0.6) is 0 Å². The molecule has 7 heteroatoms. The molecule has 94 valence electrons. The Morgan fingerprint density at radius 3 is 3.00 bits per heavy atom. The van der Waals surface area contributed by atoms with Crippen molar-refractivity contribution < 1.29 is 4.52 Å². The summed E-state index contributed by atoms with van der Waals surface area (Å²) < 4.78 is 9.46. The number of aryl methyl sites for hydroxylation is 2. The Balaban J connectivity index is 2.21. The standard InChI is InChI=1S/C11H13N5OS/c1-3-16-10-9(7(2)13-16)12-11(18)15(10)6-8-4-5-17-14-8/h4-5H,3,6H2,1-2H3,(H,12,18). The van der Waals surface area contributed by atoms with Crippen LogP contribution in [0.1, 0.15) is 18.3 Å². The molecule has 0 aliphatic carbocycles. The summed E-state index contributed by atoms with van der Waals surface area (Å²) in [5.74, 6) is 0. The molecule has 0 saturated carbocycles. The lowest BCUT2D eigenvalue weighted by Gasteiger charge is -2.03. The fraction of sp³-hybridized carbons (Fsp3) is 0.364. The Morgan fingerprint density at radius 2 is 2.33 bits per heavy atom. The van der Waals surface area contributed by atoms with E-state index in [4.69, 9.17) is 16.7 Å². The van der Waals surface area contributed by atoms with E-state index >= 15 is 0 Å². The van der Waals surface area contributed by atoms with Gasteiger partial charge in [0.2, 0.25) is 0 Å². The van der Waals surface area contributed by atoms with Gasteiger partial charge in [-0.1, -0.05) is 5.16 Å². The summed E-state index contributed by atoms with van der Waals surface area (Å²) in [6, 6.07) is 1.83. The molecule has 0 amide bonds. The number of hydrogen-bond acceptors (Lipinski definition) is 4. The molecule has 3 aromatic rings. The number of hydrogen-bond donors (Lipinski definition) is 1. The van der Waals surface area contributed by atoms with E-state index in [0.717, 1.165) is 29.1 Å². The van der Waals surface area contributed by atoms with Crippen molar-refractivity contribution >= 4 is 23.4 Å². The average Bonchev–Trinajstić information content (AvgIpc) is 3.02. The third-order valence-corrected chi connectivity index (χ3v) is 3.27. The SMILES string of the molecule is CCn1nc(C)c2[nH]c(=S)n(Cc3ccon3)c21. The summed E-state index contributed by atoms with van der Waals surface area (Å²) in [6.45, 7) is 5.42. The van der Waals surface area contributed by atoms with Crippen LogP contribution in [0.3, 0.4) is 0 Å². The van der Waals surface area contributed by atoms with Crippen molar-refractivity contribution in [1.82, 2.24) is 24.5 Å². The van der Waals surface area contributed by atoms with E-state index in [1.807, 2.05) is 22.2 Å². The minimum Gasteiger partial charge on any atom is -0.364 e. The van der Waals surface area contributed by atoms with E-state index in [1.54, 1.807) is 6.26 Å². The first-order chi connectivity index (χ1) is 8.70. The number of aromatic nitrogens is 5. The molecule has 3 rings (SSSR count). The number of nitrogens with zero attached hydrogens (tertiary/aromatic N) is 4. The van der Waals surface area contributed by atoms with Gasteiger partial charge >= 0.3 is 0 Å². The zero-order valence-electron chi connectivity index (χ0n) is 10.2. The van der Waals surface area contributed by atoms with Gasteiger partial charge in [-0.25, -0.2) is 4.68 Å². The lowest BCUT2D eigenvalue weighted by molar-refractivity contribution is 0.409. The summed E-state index contributed by atoms with van der Waals surface area (Å²) in [5, 5.41) is 8.39. The molecule has 0 atom stereocenters. The summed E-state index contributed by atoms with van der Waals surface area (Å²) in [4.78, 5) is 3.20. The van der Waals surface area contributed by atoms with Gasteiger partial charge in [-0.15, -0.1) is 0 Å². The Kier molecular flexibility index (Phi) is 2.55. The molecule has 6 nitrogen and oxygen atoms in total. The van der Waals surface area contributed by atoms with Crippen molar-refractivity contribution in [3.8, 4) is 0 Å². The third-order valence-electron chi connectivity index (χ3n) is 2.94. The van der Waals surface area contributed by atoms with E-state index in [9.17, 15) is 0 Å². The Morgan fingerprint density at radius 1 is 1.50 bits per heavy atom. The van der Waals surface area contributed by atoms with Gasteiger partial charge in [0.25, 0.3) is 0 Å². The largest absolute Gasteiger partial charge is 0.364 e. The number of H-pyrrole nitrogens is 1. The monoisotopic (exact) mass is 263 g/mol. The number of rotatable bonds is 3. The number of imidazole rings is 1. The highest BCUT2D eigenvalue weighted by atomic mass is 32.1. The maximum absolute atomic E-state index is 5.35. The maximum Gasteiger partial charge on any atom is 0.179 e. The van der Waals surface area contributed by atoms with E-state index < -0.39 is 0 Å². The molecule has 0 aromatic carbocycles. The summed E-state index contributed by atoms with van der Waals surface area (Å²) in [6.07, 6.45) is 1.56. The fourth-order valence-electron chi connectivity index (χ4n) is 2.11. The van der Waals surface area contributed by atoms with Gasteiger partial charge in [0.15, 0.2) is 10.4 Å². The molecule has 0 radical (unpaired) electrons. The minimum atomic E-state index is 0.584. The van der Waals surface area contributed by atoms with E-state index in [2.05, 4.69) is 22.2 Å². The highest BCUT2D eigenvalue weighted by Crippen LogP contribution is 2.18. The van der Waals surface area contributed by atoms with Crippen LogP contribution in [0, 0.1) is 11.7 Å². The van der Waals surface area contributed by atoms with Crippen LogP contribution in [0.4, 0.5) is 0 Å². The van der Waals surface area contributed by atoms with Gasteiger partial charge in [-0.05, 0) is 26.1 Å². The van der Waals surface area contributed by atoms with Crippen LogP contribution in [-0.4, -0.2) is 24.5 Å². The van der Waals surface area contributed by atoms with Crippen molar-refractivity contribution in [1.29, 1.82) is 0 Å². The van der Waals surface area contributed by atoms with Crippen LogP contribution >= 0.6 is 12.2 Å². The van der Waals surface area contributed by atoms with Crippen molar-refractivity contribution in [2.75, 3.05) is 0 Å². The molecule has 0 aliphatic rings. The molecule has 0 bridgehead atoms. The molecule has 3 heterocycles. The molecule has 0 unspecified atom stereocenters. The van der Waals surface area contributed by atoms with Crippen LogP contribution in [0.2, 0.25) is 0 Å². The second-order valence-electron chi connectivity index (χ2n) is 4.11. The maximum atomic E-state index is 5.35. The third kappa shape index (κ3) is 1.59. The van der Waals surface area contributed by atoms with Crippen molar-refractivity contribution in [2.24, 2.45) is 0 Å². The zero-order chi connectivity index (χ0) is 12.7. The van der Waals surface area contributed by atoms with Gasteiger partial charge in [0.05, 0.1) is 12.2 Å². The Labute approximate surface area is 108 Å². The fourth-order valence-corrected chi connectivity index (χ4v) is 2.36. The molecular weight excluding hydrogens is 250 g/mol. The molecule has 0 saturated heterocycles. The summed E-state index contributed by atoms with van der Waals surface area (Å²) >= 11 is 5.35. The molecule has 18 heavy (non-hydrogen) atoms. The summed E-state index contributed by atoms with van der Waals surface area (Å²) in [7, 11) is 0. The predicted octanol–water partition coefficient (Wildman–Crippen LogP) is 2.26. The topological polar surface area (TPSA) is 64.6 Å². The normalized spacial score (nSPS) is 11.4. The number of fused-ring (bicyclic) bond motifs is 1. The number of aromatic amines is 1. The molecule has 0 spiro atoms. The van der Waals surface area contributed by atoms with Crippen LogP contribution in [-0.2, 0) is 13.1 Å². The molecule has 0 aliphatic heterocycles. The number of nitrogens with one attached hydrogen (secondary N) is 1. The first kappa shape index (κ1) is 11.2. The van der Waals surface area contributed by atoms with E-state index in [1.165, 1.54) is 0 Å². The molecule has 3 aromatic heterocycles. The van der Waals surface area contributed by atoms with Crippen molar-refractivity contribution in [2.45, 2.75) is 26.9 Å². The van der Waals surface area contributed by atoms with Gasteiger partial charge in [-0.2, -0.15) is 5.10 Å². The first-order valence-corrected chi connectivity index (χ1v) is 6.16. The Hall–Kier alpha value is -1.89.